The van der Waals surface area contributed by atoms with E-state index in [0.29, 0.717) is 26.3 Å². The van der Waals surface area contributed by atoms with E-state index < -0.39 is 0 Å². The molecule has 1 amide bonds. The fourth-order valence-electron chi connectivity index (χ4n) is 5.63. The highest BCUT2D eigenvalue weighted by atomic mass is 19.1. The molecule has 4 heterocycles. The van der Waals surface area contributed by atoms with E-state index in [1.807, 2.05) is 11.1 Å². The van der Waals surface area contributed by atoms with E-state index in [4.69, 9.17) is 4.74 Å². The van der Waals surface area contributed by atoms with Gasteiger partial charge in [0.05, 0.1) is 31.1 Å². The Morgan fingerprint density at radius 2 is 1.91 bits per heavy atom. The van der Waals surface area contributed by atoms with Gasteiger partial charge in [-0.25, -0.2) is 4.39 Å². The molecule has 0 aliphatic carbocycles. The lowest BCUT2D eigenvalue weighted by atomic mass is 9.76. The molecular weight excluding hydrogens is 409 g/mol. The maximum Gasteiger partial charge on any atom is 0.240 e. The van der Waals surface area contributed by atoms with Gasteiger partial charge in [0.25, 0.3) is 0 Å². The first-order chi connectivity index (χ1) is 15.5. The number of nitrogens with zero attached hydrogens (tertiary/aromatic N) is 4. The van der Waals surface area contributed by atoms with Gasteiger partial charge in [0.2, 0.25) is 5.91 Å². The number of benzene rings is 1. The van der Waals surface area contributed by atoms with Crippen molar-refractivity contribution in [2.24, 2.45) is 5.41 Å². The summed E-state index contributed by atoms with van der Waals surface area (Å²) in [5, 5.41) is 7.32. The molecule has 2 aromatic rings. The van der Waals surface area contributed by atoms with Crippen molar-refractivity contribution in [2.75, 3.05) is 53.0 Å². The number of aromatic amines is 1. The Morgan fingerprint density at radius 1 is 1.19 bits per heavy atom. The fourth-order valence-corrected chi connectivity index (χ4v) is 5.63. The van der Waals surface area contributed by atoms with Gasteiger partial charge in [-0.05, 0) is 69.1 Å². The van der Waals surface area contributed by atoms with Gasteiger partial charge in [0.1, 0.15) is 5.82 Å². The Labute approximate surface area is 188 Å². The maximum absolute atomic E-state index is 13.3. The van der Waals surface area contributed by atoms with Gasteiger partial charge in [-0.3, -0.25) is 19.7 Å². The van der Waals surface area contributed by atoms with Gasteiger partial charge < -0.3 is 9.64 Å². The highest BCUT2D eigenvalue weighted by Crippen LogP contribution is 2.43. The van der Waals surface area contributed by atoms with Crippen LogP contribution in [-0.2, 0) is 16.1 Å². The number of carbonyl (C=O) groups is 1. The molecule has 1 spiro atoms. The molecule has 3 fully saturated rings. The number of morpholine rings is 1. The minimum atomic E-state index is -0.233. The lowest BCUT2D eigenvalue weighted by Crippen LogP contribution is -2.48. The summed E-state index contributed by atoms with van der Waals surface area (Å²) in [6.07, 6.45) is 5.05. The molecule has 0 radical (unpaired) electrons. The van der Waals surface area contributed by atoms with Crippen LogP contribution in [0.2, 0.25) is 0 Å². The van der Waals surface area contributed by atoms with Crippen molar-refractivity contribution in [2.45, 2.75) is 31.8 Å². The summed E-state index contributed by atoms with van der Waals surface area (Å²) in [6, 6.07) is 6.54. The molecule has 172 valence electrons. The lowest BCUT2D eigenvalue weighted by Gasteiger charge is -2.39. The number of halogens is 1. The summed E-state index contributed by atoms with van der Waals surface area (Å²) in [5.41, 5.74) is 3.28. The second kappa shape index (κ2) is 8.92. The van der Waals surface area contributed by atoms with Crippen molar-refractivity contribution in [3.05, 3.63) is 41.8 Å². The van der Waals surface area contributed by atoms with Crippen LogP contribution in [0.5, 0.6) is 0 Å². The number of hydrogen-bond acceptors (Lipinski definition) is 5. The number of ether oxygens (including phenoxy) is 1. The number of amides is 1. The summed E-state index contributed by atoms with van der Waals surface area (Å²) in [6.45, 7) is 6.57. The molecule has 0 bridgehead atoms. The highest BCUT2D eigenvalue weighted by molar-refractivity contribution is 5.82. The maximum atomic E-state index is 13.3. The SMILES string of the molecule is CN1CC2(CCN(Cc3cn[nH]c3-c3ccc(F)cc3)CC2)CC1C(=O)N1CCOCC1. The summed E-state index contributed by atoms with van der Waals surface area (Å²) >= 11 is 0. The van der Waals surface area contributed by atoms with Crippen molar-refractivity contribution >= 4 is 5.91 Å². The molecule has 1 unspecified atom stereocenters. The van der Waals surface area contributed by atoms with Crippen LogP contribution in [0.3, 0.4) is 0 Å². The van der Waals surface area contributed by atoms with Crippen molar-refractivity contribution in [1.29, 1.82) is 0 Å². The number of likely N-dealkylation sites (N-methyl/N-ethyl adjacent to an activating group) is 1. The van der Waals surface area contributed by atoms with Gasteiger partial charge in [-0.15, -0.1) is 0 Å². The summed E-state index contributed by atoms with van der Waals surface area (Å²) < 4.78 is 18.7. The second-order valence-electron chi connectivity index (χ2n) is 9.63. The Bertz CT molecular complexity index is 932. The fraction of sp³-hybridized carbons (Fsp3) is 0.583. The third kappa shape index (κ3) is 4.31. The van der Waals surface area contributed by atoms with Gasteiger partial charge in [0.15, 0.2) is 0 Å². The van der Waals surface area contributed by atoms with Crippen LogP contribution in [-0.4, -0.2) is 89.8 Å². The molecule has 3 aliphatic rings. The first-order valence-electron chi connectivity index (χ1n) is 11.6. The van der Waals surface area contributed by atoms with Gasteiger partial charge in [-0.1, -0.05) is 0 Å². The molecule has 1 N–H and O–H groups in total. The van der Waals surface area contributed by atoms with Crippen molar-refractivity contribution in [3.8, 4) is 11.3 Å². The summed E-state index contributed by atoms with van der Waals surface area (Å²) in [5.74, 6) is 0.0422. The normalized spacial score (nSPS) is 24.3. The van der Waals surface area contributed by atoms with Crippen molar-refractivity contribution < 1.29 is 13.9 Å². The Balaban J connectivity index is 1.19. The first kappa shape index (κ1) is 21.6. The van der Waals surface area contributed by atoms with Gasteiger partial charge in [-0.2, -0.15) is 5.10 Å². The molecule has 1 aromatic heterocycles. The summed E-state index contributed by atoms with van der Waals surface area (Å²) in [7, 11) is 2.10. The van der Waals surface area contributed by atoms with E-state index in [0.717, 1.165) is 62.3 Å². The van der Waals surface area contributed by atoms with Crippen LogP contribution in [0.25, 0.3) is 11.3 Å². The van der Waals surface area contributed by atoms with Crippen LogP contribution >= 0.6 is 0 Å². The van der Waals surface area contributed by atoms with Crippen molar-refractivity contribution in [1.82, 2.24) is 24.9 Å². The van der Waals surface area contributed by atoms with Crippen LogP contribution in [0.1, 0.15) is 24.8 Å². The second-order valence-corrected chi connectivity index (χ2v) is 9.63. The van der Waals surface area contributed by atoms with E-state index in [2.05, 4.69) is 27.0 Å². The van der Waals surface area contributed by atoms with Crippen LogP contribution in [0.4, 0.5) is 4.39 Å². The molecular formula is C24H32FN5O2. The Morgan fingerprint density at radius 3 is 2.62 bits per heavy atom. The number of hydrogen-bond donors (Lipinski definition) is 1. The third-order valence-corrected chi connectivity index (χ3v) is 7.51. The Hall–Kier alpha value is -2.29. The zero-order chi connectivity index (χ0) is 22.1. The zero-order valence-electron chi connectivity index (χ0n) is 18.7. The quantitative estimate of drug-likeness (QED) is 0.789. The average molecular weight is 442 g/mol. The van der Waals surface area contributed by atoms with Crippen LogP contribution in [0, 0.1) is 11.2 Å². The number of aromatic nitrogens is 2. The largest absolute Gasteiger partial charge is 0.378 e. The molecule has 8 heteroatoms. The van der Waals surface area contributed by atoms with Crippen LogP contribution < -0.4 is 0 Å². The predicted molar refractivity (Wildman–Crippen MR) is 119 cm³/mol. The number of piperidine rings is 1. The average Bonchev–Trinajstić information content (AvgIpc) is 3.40. The van der Waals surface area contributed by atoms with Crippen LogP contribution in [0.15, 0.2) is 30.5 Å². The number of likely N-dealkylation sites (tertiary alicyclic amines) is 2. The van der Waals surface area contributed by atoms with E-state index >= 15 is 0 Å². The highest BCUT2D eigenvalue weighted by Gasteiger charge is 2.47. The first-order valence-corrected chi connectivity index (χ1v) is 11.6. The smallest absolute Gasteiger partial charge is 0.240 e. The van der Waals surface area contributed by atoms with E-state index in [1.165, 1.54) is 12.1 Å². The number of rotatable bonds is 4. The molecule has 7 nitrogen and oxygen atoms in total. The third-order valence-electron chi connectivity index (χ3n) is 7.51. The Kier molecular flexibility index (Phi) is 6.01. The topological polar surface area (TPSA) is 64.7 Å². The number of H-pyrrole nitrogens is 1. The summed E-state index contributed by atoms with van der Waals surface area (Å²) in [4.78, 5) is 19.8. The number of nitrogens with one attached hydrogen (secondary N) is 1. The lowest BCUT2D eigenvalue weighted by molar-refractivity contribution is -0.139. The molecule has 1 aromatic carbocycles. The molecule has 3 saturated heterocycles. The zero-order valence-corrected chi connectivity index (χ0v) is 18.7. The van der Waals surface area contributed by atoms with Gasteiger partial charge in [0, 0.05) is 37.3 Å². The molecule has 3 aliphatic heterocycles. The van der Waals surface area contributed by atoms with E-state index in [-0.39, 0.29) is 23.2 Å². The molecule has 5 rings (SSSR count). The standard InChI is InChI=1S/C24H32FN5O2/c1-28-17-24(14-21(28)23(31)30-10-12-32-13-11-30)6-8-29(9-7-24)16-19-15-26-27-22(19)18-2-4-20(25)5-3-18/h2-5,15,21H,6-14,16-17H2,1H3,(H,26,27). The molecule has 32 heavy (non-hydrogen) atoms. The minimum Gasteiger partial charge on any atom is -0.378 e. The predicted octanol–water partition coefficient (Wildman–Crippen LogP) is 2.36. The monoisotopic (exact) mass is 441 g/mol. The molecule has 0 saturated carbocycles. The van der Waals surface area contributed by atoms with Crippen molar-refractivity contribution in [3.63, 3.8) is 0 Å². The number of carbonyl (C=O) groups excluding carboxylic acids is 1. The molecule has 1 atom stereocenters. The van der Waals surface area contributed by atoms with E-state index in [1.54, 1.807) is 12.1 Å². The van der Waals surface area contributed by atoms with E-state index in [9.17, 15) is 9.18 Å². The van der Waals surface area contributed by atoms with Gasteiger partial charge >= 0.3 is 0 Å². The minimum absolute atomic E-state index is 0.00129.